The number of rotatable bonds is 10. The second-order valence-electron chi connectivity index (χ2n) is 8.63. The van der Waals surface area contributed by atoms with E-state index in [0.717, 1.165) is 19.3 Å². The SMILES string of the molecule is CS(=O)(=O)c1ccc2nc(N(CCN3CCOCC3)C(=O)CCCS(=O)(=O)c3ccccc3)sc2c1.Cl. The summed E-state index contributed by atoms with van der Waals surface area (Å²) in [6.45, 7) is 3.84. The molecule has 13 heteroatoms. The summed E-state index contributed by atoms with van der Waals surface area (Å²) in [4.78, 5) is 22.1. The monoisotopic (exact) mass is 587 g/mol. The van der Waals surface area contributed by atoms with E-state index in [0.29, 0.717) is 41.7 Å². The summed E-state index contributed by atoms with van der Waals surface area (Å²) in [5.74, 6) is -0.341. The van der Waals surface area contributed by atoms with Crippen LogP contribution in [0.4, 0.5) is 5.13 Å². The molecule has 0 N–H and O–H groups in total. The van der Waals surface area contributed by atoms with Crippen LogP contribution in [-0.4, -0.2) is 84.0 Å². The fraction of sp³-hybridized carbons (Fsp3) is 0.417. The molecule has 1 fully saturated rings. The molecular weight excluding hydrogens is 558 g/mol. The van der Waals surface area contributed by atoms with Gasteiger partial charge < -0.3 is 4.74 Å². The van der Waals surface area contributed by atoms with Crippen molar-refractivity contribution in [2.75, 3.05) is 56.3 Å². The molecule has 0 atom stereocenters. The highest BCUT2D eigenvalue weighted by Crippen LogP contribution is 2.31. The van der Waals surface area contributed by atoms with E-state index in [9.17, 15) is 21.6 Å². The van der Waals surface area contributed by atoms with Gasteiger partial charge in [0.25, 0.3) is 0 Å². The minimum Gasteiger partial charge on any atom is -0.379 e. The van der Waals surface area contributed by atoms with Crippen LogP contribution in [0.5, 0.6) is 0 Å². The lowest BCUT2D eigenvalue weighted by Gasteiger charge is -2.29. The molecule has 0 unspecified atom stereocenters. The molecule has 1 saturated heterocycles. The zero-order valence-electron chi connectivity index (χ0n) is 20.4. The normalized spacial score (nSPS) is 14.8. The number of aromatic nitrogens is 1. The topological polar surface area (TPSA) is 114 Å². The van der Waals surface area contributed by atoms with E-state index in [4.69, 9.17) is 4.74 Å². The highest BCUT2D eigenvalue weighted by molar-refractivity contribution is 7.91. The Morgan fingerprint density at radius 3 is 2.43 bits per heavy atom. The smallest absolute Gasteiger partial charge is 0.228 e. The van der Waals surface area contributed by atoms with E-state index in [1.807, 2.05) is 0 Å². The molecule has 0 aliphatic carbocycles. The average Bonchev–Trinajstić information content (AvgIpc) is 3.28. The number of anilines is 1. The standard InChI is InChI=1S/C24H29N3O6S3.ClH/c1-35(29,30)20-9-10-21-22(18-20)34-24(25-21)27(12-11-26-13-15-33-16-14-26)23(28)8-5-17-36(31,32)19-6-3-2-4-7-19;/h2-4,6-7,9-10,18H,5,8,11-17H2,1H3;1H. The maximum Gasteiger partial charge on any atom is 0.228 e. The first-order valence-electron chi connectivity index (χ1n) is 11.6. The lowest BCUT2D eigenvalue weighted by atomic mass is 10.3. The Labute approximate surface area is 227 Å². The van der Waals surface area contributed by atoms with Gasteiger partial charge in [-0.15, -0.1) is 12.4 Å². The molecule has 1 amide bonds. The van der Waals surface area contributed by atoms with Crippen LogP contribution in [0.1, 0.15) is 12.8 Å². The molecule has 2 aromatic carbocycles. The minimum atomic E-state index is -3.48. The number of ether oxygens (including phenoxy) is 1. The summed E-state index contributed by atoms with van der Waals surface area (Å²) in [6, 6.07) is 12.9. The average molecular weight is 588 g/mol. The summed E-state index contributed by atoms with van der Waals surface area (Å²) in [5.41, 5.74) is 0.609. The number of fused-ring (bicyclic) bond motifs is 1. The first-order chi connectivity index (χ1) is 17.1. The fourth-order valence-corrected chi connectivity index (χ4v) is 7.03. The summed E-state index contributed by atoms with van der Waals surface area (Å²) in [6.07, 6.45) is 1.39. The molecule has 3 aromatic rings. The zero-order chi connectivity index (χ0) is 25.8. The van der Waals surface area contributed by atoms with Gasteiger partial charge in [0.05, 0.1) is 39.0 Å². The molecule has 4 rings (SSSR count). The number of nitrogens with zero attached hydrogens (tertiary/aromatic N) is 3. The molecule has 1 aliphatic rings. The zero-order valence-corrected chi connectivity index (χ0v) is 23.7. The molecule has 0 saturated carbocycles. The van der Waals surface area contributed by atoms with Gasteiger partial charge in [0.1, 0.15) is 0 Å². The second-order valence-corrected chi connectivity index (χ2v) is 13.8. The maximum atomic E-state index is 13.3. The summed E-state index contributed by atoms with van der Waals surface area (Å²) < 4.78 is 55.2. The van der Waals surface area contributed by atoms with Gasteiger partial charge in [-0.3, -0.25) is 14.6 Å². The number of carbonyl (C=O) groups excluding carboxylic acids is 1. The van der Waals surface area contributed by atoms with E-state index in [2.05, 4.69) is 9.88 Å². The number of thiazole rings is 1. The van der Waals surface area contributed by atoms with Crippen molar-refractivity contribution in [2.45, 2.75) is 22.6 Å². The van der Waals surface area contributed by atoms with Crippen LogP contribution in [0.25, 0.3) is 10.2 Å². The van der Waals surface area contributed by atoms with Crippen LogP contribution < -0.4 is 4.90 Å². The van der Waals surface area contributed by atoms with Crippen LogP contribution in [0.15, 0.2) is 58.3 Å². The van der Waals surface area contributed by atoms with Gasteiger partial charge in [0.2, 0.25) is 5.91 Å². The maximum absolute atomic E-state index is 13.3. The number of halogens is 1. The molecule has 1 aliphatic heterocycles. The summed E-state index contributed by atoms with van der Waals surface area (Å²) in [5, 5.41) is 0.472. The number of hydrogen-bond acceptors (Lipinski definition) is 9. The third-order valence-corrected chi connectivity index (χ3v) is 9.93. The number of morpholine rings is 1. The van der Waals surface area contributed by atoms with Gasteiger partial charge in [-0.25, -0.2) is 21.8 Å². The summed E-state index contributed by atoms with van der Waals surface area (Å²) >= 11 is 1.25. The molecular formula is C24H30ClN3O6S3. The van der Waals surface area contributed by atoms with Crippen molar-refractivity contribution < 1.29 is 26.4 Å². The molecule has 37 heavy (non-hydrogen) atoms. The van der Waals surface area contributed by atoms with Gasteiger partial charge in [-0.1, -0.05) is 29.5 Å². The van der Waals surface area contributed by atoms with Crippen molar-refractivity contribution in [3.05, 3.63) is 48.5 Å². The molecule has 1 aromatic heterocycles. The third-order valence-electron chi connectivity index (χ3n) is 5.96. The first-order valence-corrected chi connectivity index (χ1v) is 16.0. The van der Waals surface area contributed by atoms with Crippen LogP contribution in [0, 0.1) is 0 Å². The molecule has 0 bridgehead atoms. The number of hydrogen-bond donors (Lipinski definition) is 0. The quantitative estimate of drug-likeness (QED) is 0.356. The van der Waals surface area contributed by atoms with Crippen molar-refractivity contribution in [1.82, 2.24) is 9.88 Å². The van der Waals surface area contributed by atoms with E-state index < -0.39 is 19.7 Å². The van der Waals surface area contributed by atoms with Gasteiger partial charge in [0, 0.05) is 38.9 Å². The van der Waals surface area contributed by atoms with Crippen molar-refractivity contribution in [3.8, 4) is 0 Å². The summed E-state index contributed by atoms with van der Waals surface area (Å²) in [7, 11) is -6.85. The molecule has 202 valence electrons. The Morgan fingerprint density at radius 2 is 1.76 bits per heavy atom. The number of amides is 1. The first kappa shape index (κ1) is 29.5. The Balaban J connectivity index is 0.00000380. The second kappa shape index (κ2) is 12.6. The van der Waals surface area contributed by atoms with Crippen molar-refractivity contribution in [1.29, 1.82) is 0 Å². The lowest BCUT2D eigenvalue weighted by molar-refractivity contribution is -0.118. The predicted octanol–water partition coefficient (Wildman–Crippen LogP) is 3.04. The number of carbonyl (C=O) groups is 1. The van der Waals surface area contributed by atoms with E-state index >= 15 is 0 Å². The Kier molecular flexibility index (Phi) is 10.1. The van der Waals surface area contributed by atoms with Gasteiger partial charge in [-0.05, 0) is 36.8 Å². The van der Waals surface area contributed by atoms with Gasteiger partial charge >= 0.3 is 0 Å². The fourth-order valence-electron chi connectivity index (χ4n) is 3.93. The van der Waals surface area contributed by atoms with E-state index in [1.54, 1.807) is 47.4 Å². The largest absolute Gasteiger partial charge is 0.379 e. The number of benzene rings is 2. The molecule has 2 heterocycles. The van der Waals surface area contributed by atoms with Gasteiger partial charge in [0.15, 0.2) is 24.8 Å². The predicted molar refractivity (Wildman–Crippen MR) is 147 cm³/mol. The highest BCUT2D eigenvalue weighted by atomic mass is 35.5. The van der Waals surface area contributed by atoms with Crippen LogP contribution in [0.3, 0.4) is 0 Å². The van der Waals surface area contributed by atoms with Crippen LogP contribution in [-0.2, 0) is 29.2 Å². The molecule has 0 spiro atoms. The Hall–Kier alpha value is -2.09. The van der Waals surface area contributed by atoms with Crippen LogP contribution in [0.2, 0.25) is 0 Å². The van der Waals surface area contributed by atoms with Crippen LogP contribution >= 0.6 is 23.7 Å². The van der Waals surface area contributed by atoms with Crippen molar-refractivity contribution in [2.24, 2.45) is 0 Å². The number of sulfone groups is 2. The highest BCUT2D eigenvalue weighted by Gasteiger charge is 2.23. The minimum absolute atomic E-state index is 0. The molecule has 0 radical (unpaired) electrons. The van der Waals surface area contributed by atoms with Crippen molar-refractivity contribution >= 4 is 64.7 Å². The lowest BCUT2D eigenvalue weighted by Crippen LogP contribution is -2.43. The van der Waals surface area contributed by atoms with E-state index in [-0.39, 0.29) is 46.7 Å². The Bertz CT molecular complexity index is 1420. The molecule has 9 nitrogen and oxygen atoms in total. The Morgan fingerprint density at radius 1 is 1.05 bits per heavy atom. The van der Waals surface area contributed by atoms with Gasteiger partial charge in [-0.2, -0.15) is 0 Å². The third kappa shape index (κ3) is 7.71. The van der Waals surface area contributed by atoms with Crippen molar-refractivity contribution in [3.63, 3.8) is 0 Å². The van der Waals surface area contributed by atoms with E-state index in [1.165, 1.54) is 17.4 Å².